The first-order valence-corrected chi connectivity index (χ1v) is 7.32. The smallest absolute Gasteiger partial charge is 0.326 e. The Hall–Kier alpha value is -2.57. The fraction of sp³-hybridized carbons (Fsp3) is 0.294. The summed E-state index contributed by atoms with van der Waals surface area (Å²) in [7, 11) is 0. The van der Waals surface area contributed by atoms with Gasteiger partial charge in [0.2, 0.25) is 0 Å². The molecule has 0 aliphatic rings. The van der Waals surface area contributed by atoms with Gasteiger partial charge in [-0.05, 0) is 25.5 Å². The third-order valence-corrected chi connectivity index (χ3v) is 3.59. The Balaban J connectivity index is 2.37. The van der Waals surface area contributed by atoms with Crippen molar-refractivity contribution in [3.05, 3.63) is 59.9 Å². The maximum atomic E-state index is 12.7. The van der Waals surface area contributed by atoms with E-state index in [9.17, 15) is 18.0 Å². The van der Waals surface area contributed by atoms with E-state index in [1.54, 1.807) is 11.6 Å². The van der Waals surface area contributed by atoms with Crippen molar-refractivity contribution in [2.24, 2.45) is 0 Å². The highest BCUT2D eigenvalue weighted by molar-refractivity contribution is 5.95. The summed E-state index contributed by atoms with van der Waals surface area (Å²) in [4.78, 5) is 13.2. The number of hydrogen-bond donors (Lipinski definition) is 0. The highest BCUT2D eigenvalue weighted by Crippen LogP contribution is 2.21. The molecule has 1 heterocycles. The summed E-state index contributed by atoms with van der Waals surface area (Å²) in [6.07, 6.45) is -1.90. The highest BCUT2D eigenvalue weighted by atomic mass is 19.4. The van der Waals surface area contributed by atoms with Crippen LogP contribution in [0.4, 0.5) is 13.2 Å². The number of alkyl halides is 3. The van der Waals surface area contributed by atoms with Crippen molar-refractivity contribution >= 4 is 5.91 Å². The number of amides is 1. The van der Waals surface area contributed by atoms with E-state index in [-0.39, 0.29) is 12.1 Å². The van der Waals surface area contributed by atoms with Gasteiger partial charge in [-0.25, -0.2) is 4.68 Å². The number of halogens is 3. The van der Waals surface area contributed by atoms with Gasteiger partial charge in [0.25, 0.3) is 5.91 Å². The molecule has 0 spiro atoms. The lowest BCUT2D eigenvalue weighted by Crippen LogP contribution is -2.39. The van der Waals surface area contributed by atoms with Crippen LogP contribution in [-0.4, -0.2) is 39.9 Å². The largest absolute Gasteiger partial charge is 0.406 e. The lowest BCUT2D eigenvalue weighted by Gasteiger charge is -2.22. The second kappa shape index (κ2) is 6.90. The van der Waals surface area contributed by atoms with Crippen LogP contribution >= 0.6 is 0 Å². The molecule has 2 aromatic rings. The highest BCUT2D eigenvalue weighted by Gasteiger charge is 2.33. The Morgan fingerprint density at radius 1 is 1.33 bits per heavy atom. The molecule has 1 amide bonds. The van der Waals surface area contributed by atoms with E-state index < -0.39 is 18.6 Å². The lowest BCUT2D eigenvalue weighted by atomic mass is 10.2. The average molecular weight is 337 g/mol. The maximum Gasteiger partial charge on any atom is 0.406 e. The minimum absolute atomic E-state index is 0.143. The molecule has 0 atom stereocenters. The monoisotopic (exact) mass is 337 g/mol. The van der Waals surface area contributed by atoms with Crippen molar-refractivity contribution in [3.63, 3.8) is 0 Å². The van der Waals surface area contributed by atoms with E-state index in [2.05, 4.69) is 11.7 Å². The molecular formula is C17H18F3N3O. The van der Waals surface area contributed by atoms with Crippen molar-refractivity contribution in [2.75, 3.05) is 13.1 Å². The average Bonchev–Trinajstić information content (AvgIpc) is 2.87. The number of carbonyl (C=O) groups is 1. The molecule has 0 aliphatic heterocycles. The van der Waals surface area contributed by atoms with Gasteiger partial charge in [-0.1, -0.05) is 24.3 Å². The SMILES string of the molecule is C=CCN(CC(F)(F)F)C(=O)c1cnn(-c2ccccc2C)c1C. The minimum atomic E-state index is -4.47. The molecule has 0 bridgehead atoms. The fourth-order valence-corrected chi connectivity index (χ4v) is 2.43. The topological polar surface area (TPSA) is 38.1 Å². The third kappa shape index (κ3) is 3.84. The molecule has 4 nitrogen and oxygen atoms in total. The Morgan fingerprint density at radius 2 is 2.00 bits per heavy atom. The van der Waals surface area contributed by atoms with Crippen LogP contribution in [0.25, 0.3) is 5.69 Å². The minimum Gasteiger partial charge on any atom is -0.326 e. The molecule has 0 radical (unpaired) electrons. The molecule has 0 aliphatic carbocycles. The van der Waals surface area contributed by atoms with Crippen molar-refractivity contribution in [3.8, 4) is 5.69 Å². The molecule has 1 aromatic heterocycles. The summed E-state index contributed by atoms with van der Waals surface area (Å²) in [6.45, 7) is 5.45. The summed E-state index contributed by atoms with van der Waals surface area (Å²) in [5.74, 6) is -0.718. The number of rotatable bonds is 5. The number of para-hydroxylation sites is 1. The molecule has 0 saturated carbocycles. The standard InChI is InChI=1S/C17H18F3N3O/c1-4-9-22(11-17(18,19)20)16(24)14-10-21-23(13(14)3)15-8-6-5-7-12(15)2/h4-8,10H,1,9,11H2,2-3H3. The molecule has 0 N–H and O–H groups in total. The molecule has 0 unspecified atom stereocenters. The number of aromatic nitrogens is 2. The van der Waals surface area contributed by atoms with Crippen LogP contribution < -0.4 is 0 Å². The molecule has 1 aromatic carbocycles. The summed E-state index contributed by atoms with van der Waals surface area (Å²) < 4.78 is 39.6. The van der Waals surface area contributed by atoms with Crippen molar-refractivity contribution in [1.29, 1.82) is 0 Å². The van der Waals surface area contributed by atoms with Crippen molar-refractivity contribution in [1.82, 2.24) is 14.7 Å². The summed E-state index contributed by atoms with van der Waals surface area (Å²) in [6, 6.07) is 7.43. The van der Waals surface area contributed by atoms with Crippen LogP contribution in [0.1, 0.15) is 21.6 Å². The predicted molar refractivity (Wildman–Crippen MR) is 85.2 cm³/mol. The first kappa shape index (κ1) is 17.8. The van der Waals surface area contributed by atoms with E-state index in [4.69, 9.17) is 0 Å². The Kier molecular flexibility index (Phi) is 5.11. The van der Waals surface area contributed by atoms with E-state index >= 15 is 0 Å². The van der Waals surface area contributed by atoms with E-state index in [0.717, 1.165) is 11.3 Å². The Morgan fingerprint density at radius 3 is 2.58 bits per heavy atom. The van der Waals surface area contributed by atoms with Gasteiger partial charge in [0.15, 0.2) is 0 Å². The zero-order valence-electron chi connectivity index (χ0n) is 13.5. The van der Waals surface area contributed by atoms with Gasteiger partial charge in [0.1, 0.15) is 6.54 Å². The van der Waals surface area contributed by atoms with E-state index in [1.807, 2.05) is 31.2 Å². The van der Waals surface area contributed by atoms with Gasteiger partial charge in [0.05, 0.1) is 23.1 Å². The second-order valence-electron chi connectivity index (χ2n) is 5.43. The normalized spacial score (nSPS) is 11.4. The summed E-state index contributed by atoms with van der Waals surface area (Å²) >= 11 is 0. The number of carbonyl (C=O) groups excluding carboxylic acids is 1. The van der Waals surface area contributed by atoms with Gasteiger partial charge >= 0.3 is 6.18 Å². The quantitative estimate of drug-likeness (QED) is 0.781. The van der Waals surface area contributed by atoms with Crippen molar-refractivity contribution < 1.29 is 18.0 Å². The predicted octanol–water partition coefficient (Wildman–Crippen LogP) is 3.68. The van der Waals surface area contributed by atoms with Crippen LogP contribution in [0, 0.1) is 13.8 Å². The Labute approximate surface area is 138 Å². The first-order chi connectivity index (χ1) is 11.2. The second-order valence-corrected chi connectivity index (χ2v) is 5.43. The van der Waals surface area contributed by atoms with E-state index in [1.165, 1.54) is 12.3 Å². The fourth-order valence-electron chi connectivity index (χ4n) is 2.43. The van der Waals surface area contributed by atoms with Gasteiger partial charge in [-0.2, -0.15) is 18.3 Å². The van der Waals surface area contributed by atoms with Crippen molar-refractivity contribution in [2.45, 2.75) is 20.0 Å². The number of hydrogen-bond acceptors (Lipinski definition) is 2. The van der Waals surface area contributed by atoms with Gasteiger partial charge < -0.3 is 4.90 Å². The molecule has 0 saturated heterocycles. The summed E-state index contributed by atoms with van der Waals surface area (Å²) in [5, 5.41) is 4.17. The molecule has 0 fully saturated rings. The van der Waals surface area contributed by atoms with Gasteiger partial charge in [-0.3, -0.25) is 4.79 Å². The van der Waals surface area contributed by atoms with E-state index in [0.29, 0.717) is 10.6 Å². The maximum absolute atomic E-state index is 12.7. The van der Waals surface area contributed by atoms with Gasteiger partial charge in [0, 0.05) is 6.54 Å². The zero-order chi connectivity index (χ0) is 17.9. The number of nitrogens with zero attached hydrogens (tertiary/aromatic N) is 3. The van der Waals surface area contributed by atoms with Crippen LogP contribution in [0.5, 0.6) is 0 Å². The number of benzene rings is 1. The van der Waals surface area contributed by atoms with Gasteiger partial charge in [-0.15, -0.1) is 6.58 Å². The summed E-state index contributed by atoms with van der Waals surface area (Å²) in [5.41, 5.74) is 2.36. The third-order valence-electron chi connectivity index (χ3n) is 3.59. The molecule has 7 heteroatoms. The first-order valence-electron chi connectivity index (χ1n) is 7.32. The molecule has 24 heavy (non-hydrogen) atoms. The molecular weight excluding hydrogens is 319 g/mol. The Bertz CT molecular complexity index is 750. The lowest BCUT2D eigenvalue weighted by molar-refractivity contribution is -0.139. The molecule has 2 rings (SSSR count). The zero-order valence-corrected chi connectivity index (χ0v) is 13.5. The van der Waals surface area contributed by atoms with Crippen LogP contribution in [-0.2, 0) is 0 Å². The molecule has 128 valence electrons. The van der Waals surface area contributed by atoms with Crippen LogP contribution in [0.15, 0.2) is 43.1 Å². The number of aryl methyl sites for hydroxylation is 1. The van der Waals surface area contributed by atoms with Crippen LogP contribution in [0.3, 0.4) is 0 Å². The van der Waals surface area contributed by atoms with Crippen LogP contribution in [0.2, 0.25) is 0 Å².